The lowest BCUT2D eigenvalue weighted by Crippen LogP contribution is -2.34. The van der Waals surface area contributed by atoms with Gasteiger partial charge in [0.25, 0.3) is 0 Å². The van der Waals surface area contributed by atoms with Gasteiger partial charge in [0.2, 0.25) is 17.7 Å². The number of benzene rings is 1. The first-order chi connectivity index (χ1) is 12.1. The summed E-state index contributed by atoms with van der Waals surface area (Å²) >= 11 is 0. The lowest BCUT2D eigenvalue weighted by molar-refractivity contribution is -0.129. The van der Waals surface area contributed by atoms with Crippen LogP contribution in [0.4, 0.5) is 0 Å². The molecular weight excluding hydrogens is 318 g/mol. The second-order valence-corrected chi connectivity index (χ2v) is 6.94. The van der Waals surface area contributed by atoms with E-state index in [-0.39, 0.29) is 30.1 Å². The highest BCUT2D eigenvalue weighted by Crippen LogP contribution is 2.18. The van der Waals surface area contributed by atoms with E-state index in [4.69, 9.17) is 0 Å². The highest BCUT2D eigenvalue weighted by molar-refractivity contribution is 5.87. The largest absolute Gasteiger partial charge is 0.356 e. The van der Waals surface area contributed by atoms with E-state index in [0.717, 1.165) is 24.9 Å². The summed E-state index contributed by atoms with van der Waals surface area (Å²) in [5, 5.41) is 5.67. The number of rotatable bonds is 6. The maximum absolute atomic E-state index is 12.4. The molecule has 25 heavy (non-hydrogen) atoms. The smallest absolute Gasteiger partial charge is 0.226 e. The monoisotopic (exact) mass is 343 g/mol. The van der Waals surface area contributed by atoms with Gasteiger partial charge >= 0.3 is 0 Å². The number of nitrogens with one attached hydrogen (secondary N) is 2. The van der Waals surface area contributed by atoms with Crippen LogP contribution in [0.5, 0.6) is 0 Å². The number of amides is 3. The molecule has 2 aliphatic rings. The molecule has 0 saturated carbocycles. The van der Waals surface area contributed by atoms with Gasteiger partial charge in [-0.2, -0.15) is 0 Å². The van der Waals surface area contributed by atoms with Crippen LogP contribution in [0.3, 0.4) is 0 Å². The van der Waals surface area contributed by atoms with Crippen molar-refractivity contribution in [2.45, 2.75) is 25.7 Å². The van der Waals surface area contributed by atoms with Crippen molar-refractivity contribution in [1.29, 1.82) is 0 Å². The van der Waals surface area contributed by atoms with E-state index in [2.05, 4.69) is 10.6 Å². The summed E-state index contributed by atoms with van der Waals surface area (Å²) in [7, 11) is 0. The third kappa shape index (κ3) is 4.81. The van der Waals surface area contributed by atoms with Crippen molar-refractivity contribution >= 4 is 17.7 Å². The van der Waals surface area contributed by atoms with Crippen molar-refractivity contribution in [3.05, 3.63) is 35.9 Å². The van der Waals surface area contributed by atoms with Crippen LogP contribution in [0.2, 0.25) is 0 Å². The summed E-state index contributed by atoms with van der Waals surface area (Å²) in [4.78, 5) is 37.7. The fraction of sp³-hybridized carbons (Fsp3) is 0.526. The highest BCUT2D eigenvalue weighted by Gasteiger charge is 2.28. The van der Waals surface area contributed by atoms with Gasteiger partial charge in [0, 0.05) is 38.5 Å². The van der Waals surface area contributed by atoms with Crippen molar-refractivity contribution in [3.8, 4) is 0 Å². The lowest BCUT2D eigenvalue weighted by atomic mass is 10.0. The Balaban J connectivity index is 1.38. The lowest BCUT2D eigenvalue weighted by Gasteiger charge is -2.17. The van der Waals surface area contributed by atoms with Crippen molar-refractivity contribution in [3.63, 3.8) is 0 Å². The number of likely N-dealkylation sites (tertiary alicyclic amines) is 1. The third-order valence-electron chi connectivity index (χ3n) is 5.02. The van der Waals surface area contributed by atoms with Crippen LogP contribution in [0.15, 0.2) is 30.3 Å². The molecule has 0 radical (unpaired) electrons. The van der Waals surface area contributed by atoms with Crippen LogP contribution < -0.4 is 10.6 Å². The number of hydrogen-bond donors (Lipinski definition) is 2. The van der Waals surface area contributed by atoms with Crippen LogP contribution in [-0.2, 0) is 20.8 Å². The molecule has 2 fully saturated rings. The quantitative estimate of drug-likeness (QED) is 0.799. The van der Waals surface area contributed by atoms with E-state index in [0.29, 0.717) is 32.0 Å². The number of hydrogen-bond acceptors (Lipinski definition) is 3. The van der Waals surface area contributed by atoms with Gasteiger partial charge in [-0.1, -0.05) is 30.3 Å². The van der Waals surface area contributed by atoms with Gasteiger partial charge in [0.15, 0.2) is 0 Å². The van der Waals surface area contributed by atoms with Gasteiger partial charge in [0.05, 0.1) is 6.42 Å². The molecule has 0 spiro atoms. The molecule has 1 unspecified atom stereocenters. The average molecular weight is 343 g/mol. The minimum absolute atomic E-state index is 0.0197. The number of carbonyl (C=O) groups excluding carboxylic acids is 3. The van der Waals surface area contributed by atoms with Crippen LogP contribution in [0, 0.1) is 11.8 Å². The highest BCUT2D eigenvalue weighted by atomic mass is 16.2. The maximum atomic E-state index is 12.4. The van der Waals surface area contributed by atoms with E-state index in [1.807, 2.05) is 35.2 Å². The SMILES string of the molecule is O=C(C[C@@H]1CCNC1=O)NCC1CCN(C(=O)Cc2ccccc2)C1. The summed E-state index contributed by atoms with van der Waals surface area (Å²) in [5.74, 6) is 0.154. The minimum Gasteiger partial charge on any atom is -0.356 e. The molecule has 1 aromatic carbocycles. The van der Waals surface area contributed by atoms with E-state index < -0.39 is 0 Å². The first kappa shape index (κ1) is 17.5. The number of nitrogens with zero attached hydrogens (tertiary/aromatic N) is 1. The molecule has 2 heterocycles. The molecule has 0 aromatic heterocycles. The van der Waals surface area contributed by atoms with E-state index in [1.54, 1.807) is 0 Å². The Labute approximate surface area is 148 Å². The van der Waals surface area contributed by atoms with Gasteiger partial charge in [-0.25, -0.2) is 0 Å². The Bertz CT molecular complexity index is 632. The molecule has 1 aromatic rings. The molecule has 6 heteroatoms. The molecule has 2 atom stereocenters. The van der Waals surface area contributed by atoms with Crippen LogP contribution in [0.1, 0.15) is 24.8 Å². The summed E-state index contributed by atoms with van der Waals surface area (Å²) in [6.45, 7) is 2.67. The Kier molecular flexibility index (Phi) is 5.68. The Morgan fingerprint density at radius 1 is 1.20 bits per heavy atom. The summed E-state index contributed by atoms with van der Waals surface area (Å²) in [6.07, 6.45) is 2.33. The summed E-state index contributed by atoms with van der Waals surface area (Å²) < 4.78 is 0. The molecule has 6 nitrogen and oxygen atoms in total. The second-order valence-electron chi connectivity index (χ2n) is 6.94. The first-order valence-corrected chi connectivity index (χ1v) is 8.98. The third-order valence-corrected chi connectivity index (χ3v) is 5.02. The van der Waals surface area contributed by atoms with Crippen LogP contribution in [0.25, 0.3) is 0 Å². The van der Waals surface area contributed by atoms with Crippen molar-refractivity contribution < 1.29 is 14.4 Å². The standard InChI is InChI=1S/C19H25N3O3/c23-17(11-16-6-8-20-19(16)25)21-12-15-7-9-22(13-15)18(24)10-14-4-2-1-3-5-14/h1-5,15-16H,6-13H2,(H,20,25)(H,21,23)/t15?,16-/m0/s1. The first-order valence-electron chi connectivity index (χ1n) is 8.98. The van der Waals surface area contributed by atoms with Gasteiger partial charge in [-0.15, -0.1) is 0 Å². The van der Waals surface area contributed by atoms with E-state index in [1.165, 1.54) is 0 Å². The summed E-state index contributed by atoms with van der Waals surface area (Å²) in [5.41, 5.74) is 1.03. The molecule has 2 saturated heterocycles. The Morgan fingerprint density at radius 2 is 2.00 bits per heavy atom. The normalized spacial score (nSPS) is 22.7. The maximum Gasteiger partial charge on any atom is 0.226 e. The predicted octanol–water partition coefficient (Wildman–Crippen LogP) is 0.720. The second kappa shape index (κ2) is 8.14. The van der Waals surface area contributed by atoms with E-state index in [9.17, 15) is 14.4 Å². The van der Waals surface area contributed by atoms with Crippen LogP contribution >= 0.6 is 0 Å². The van der Waals surface area contributed by atoms with Crippen molar-refractivity contribution in [1.82, 2.24) is 15.5 Å². The van der Waals surface area contributed by atoms with Gasteiger partial charge < -0.3 is 15.5 Å². The fourth-order valence-corrected chi connectivity index (χ4v) is 3.50. The topological polar surface area (TPSA) is 78.5 Å². The zero-order chi connectivity index (χ0) is 17.6. The molecule has 3 amide bonds. The molecular formula is C19H25N3O3. The van der Waals surface area contributed by atoms with E-state index >= 15 is 0 Å². The fourth-order valence-electron chi connectivity index (χ4n) is 3.50. The zero-order valence-electron chi connectivity index (χ0n) is 14.4. The number of carbonyl (C=O) groups is 3. The predicted molar refractivity (Wildman–Crippen MR) is 93.6 cm³/mol. The molecule has 2 aliphatic heterocycles. The van der Waals surface area contributed by atoms with Crippen molar-refractivity contribution in [2.24, 2.45) is 11.8 Å². The Hall–Kier alpha value is -2.37. The van der Waals surface area contributed by atoms with Gasteiger partial charge in [-0.05, 0) is 24.3 Å². The molecule has 0 bridgehead atoms. The molecule has 3 rings (SSSR count). The van der Waals surface area contributed by atoms with Gasteiger partial charge in [0.1, 0.15) is 0 Å². The molecule has 0 aliphatic carbocycles. The molecule has 2 N–H and O–H groups in total. The summed E-state index contributed by atoms with van der Waals surface area (Å²) in [6, 6.07) is 9.75. The Morgan fingerprint density at radius 3 is 2.72 bits per heavy atom. The van der Waals surface area contributed by atoms with Crippen molar-refractivity contribution in [2.75, 3.05) is 26.2 Å². The average Bonchev–Trinajstić information content (AvgIpc) is 3.24. The molecule has 134 valence electrons. The van der Waals surface area contributed by atoms with Gasteiger partial charge in [-0.3, -0.25) is 14.4 Å². The zero-order valence-corrected chi connectivity index (χ0v) is 14.4. The minimum atomic E-state index is -0.187. The van der Waals surface area contributed by atoms with Crippen LogP contribution in [-0.4, -0.2) is 48.8 Å².